The summed E-state index contributed by atoms with van der Waals surface area (Å²) in [5, 5.41) is 11.7. The standard InChI is InChI=1S/C35H36F9N3O4/c1-15(2)9-25(47-14-19(7-8-45)22(12-26(47)48)34(39,40)41)33(51)46-24(13-27(49)50)29-31(37)21(11-23(32(29)38)35(42,43)44)28-16(3)10-20(18-5-6-18)30(36)17(28)4/h10-12,14-15,18,24-25H,5-9,13,45H2,1-4H3,(H,46,51)(H,49,50)/t24-,25?/m0/s1. The number of nitrogens with two attached hydrogens (primary N) is 1. The van der Waals surface area contributed by atoms with E-state index in [0.717, 1.165) is 6.20 Å². The molecule has 1 aromatic heterocycles. The van der Waals surface area contributed by atoms with Gasteiger partial charge in [-0.15, -0.1) is 0 Å². The summed E-state index contributed by atoms with van der Waals surface area (Å²) < 4.78 is 133. The van der Waals surface area contributed by atoms with Gasteiger partial charge in [0.05, 0.1) is 23.6 Å². The lowest BCUT2D eigenvalue weighted by Crippen LogP contribution is -2.41. The molecular weight excluding hydrogens is 697 g/mol. The molecule has 0 aliphatic heterocycles. The van der Waals surface area contributed by atoms with Crippen molar-refractivity contribution < 1.29 is 54.2 Å². The lowest BCUT2D eigenvalue weighted by molar-refractivity contribution is -0.140. The Labute approximate surface area is 286 Å². The quantitative estimate of drug-likeness (QED) is 0.164. The molecule has 0 radical (unpaired) electrons. The van der Waals surface area contributed by atoms with Crippen molar-refractivity contribution in [1.29, 1.82) is 0 Å². The van der Waals surface area contributed by atoms with Crippen LogP contribution in [0.15, 0.2) is 29.2 Å². The van der Waals surface area contributed by atoms with Crippen molar-refractivity contribution >= 4 is 11.9 Å². The Morgan fingerprint density at radius 2 is 1.57 bits per heavy atom. The number of aryl methyl sites for hydroxylation is 1. The van der Waals surface area contributed by atoms with Gasteiger partial charge in [-0.05, 0) is 91.8 Å². The lowest BCUT2D eigenvalue weighted by Gasteiger charge is -2.27. The zero-order chi connectivity index (χ0) is 38.3. The maximum atomic E-state index is 16.5. The van der Waals surface area contributed by atoms with E-state index in [9.17, 15) is 45.8 Å². The van der Waals surface area contributed by atoms with Gasteiger partial charge in [-0.1, -0.05) is 19.9 Å². The number of rotatable bonds is 12. The number of nitrogens with one attached hydrogen (secondary N) is 1. The number of carboxylic acid groups (broad SMARTS) is 1. The average molecular weight is 734 g/mol. The van der Waals surface area contributed by atoms with Crippen molar-refractivity contribution in [3.8, 4) is 11.1 Å². The zero-order valence-electron chi connectivity index (χ0n) is 28.0. The molecule has 4 N–H and O–H groups in total. The largest absolute Gasteiger partial charge is 0.481 e. The minimum atomic E-state index is -5.47. The van der Waals surface area contributed by atoms with E-state index >= 15 is 13.2 Å². The Morgan fingerprint density at radius 1 is 0.961 bits per heavy atom. The molecule has 4 rings (SSSR count). The van der Waals surface area contributed by atoms with Crippen LogP contribution in [0.25, 0.3) is 11.1 Å². The number of nitrogens with zero attached hydrogens (tertiary/aromatic N) is 1. The van der Waals surface area contributed by atoms with Crippen LogP contribution in [0.2, 0.25) is 0 Å². The Bertz CT molecular complexity index is 1900. The molecule has 1 heterocycles. The molecule has 3 aromatic rings. The first-order chi connectivity index (χ1) is 23.6. The number of amides is 1. The predicted molar refractivity (Wildman–Crippen MR) is 168 cm³/mol. The molecule has 51 heavy (non-hydrogen) atoms. The number of aliphatic carboxylic acids is 1. The fraction of sp³-hybridized carbons (Fsp3) is 0.457. The van der Waals surface area contributed by atoms with Crippen LogP contribution in [-0.4, -0.2) is 28.1 Å². The van der Waals surface area contributed by atoms with Gasteiger partial charge in [-0.2, -0.15) is 26.3 Å². The number of carboxylic acids is 1. The van der Waals surface area contributed by atoms with Crippen molar-refractivity contribution in [2.24, 2.45) is 11.7 Å². The van der Waals surface area contributed by atoms with Crippen LogP contribution in [0.1, 0.15) is 96.5 Å². The van der Waals surface area contributed by atoms with Crippen molar-refractivity contribution in [2.75, 3.05) is 6.54 Å². The van der Waals surface area contributed by atoms with Gasteiger partial charge in [0.2, 0.25) is 5.91 Å². The lowest BCUT2D eigenvalue weighted by atomic mass is 9.87. The first-order valence-corrected chi connectivity index (χ1v) is 16.0. The van der Waals surface area contributed by atoms with Gasteiger partial charge in [-0.25, -0.2) is 13.2 Å². The van der Waals surface area contributed by atoms with Crippen LogP contribution in [0, 0.1) is 37.2 Å². The van der Waals surface area contributed by atoms with Crippen LogP contribution in [0.4, 0.5) is 39.5 Å². The molecule has 0 saturated heterocycles. The summed E-state index contributed by atoms with van der Waals surface area (Å²) in [6.07, 6.45) is -10.4. The fourth-order valence-corrected chi connectivity index (χ4v) is 6.36. The predicted octanol–water partition coefficient (Wildman–Crippen LogP) is 7.89. The van der Waals surface area contributed by atoms with E-state index in [2.05, 4.69) is 5.32 Å². The fourth-order valence-electron chi connectivity index (χ4n) is 6.36. The monoisotopic (exact) mass is 733 g/mol. The Hall–Kier alpha value is -4.34. The number of alkyl halides is 6. The minimum absolute atomic E-state index is 0.131. The number of hydrogen-bond acceptors (Lipinski definition) is 4. The number of benzene rings is 2. The molecular formula is C35H36F9N3O4. The van der Waals surface area contributed by atoms with E-state index in [1.165, 1.54) is 19.9 Å². The van der Waals surface area contributed by atoms with Gasteiger partial charge in [0.15, 0.2) is 0 Å². The molecule has 1 aliphatic carbocycles. The Balaban J connectivity index is 1.93. The summed E-state index contributed by atoms with van der Waals surface area (Å²) >= 11 is 0. The third-order valence-corrected chi connectivity index (χ3v) is 8.81. The molecule has 1 fully saturated rings. The molecule has 0 bridgehead atoms. The molecule has 7 nitrogen and oxygen atoms in total. The number of hydrogen-bond donors (Lipinski definition) is 3. The van der Waals surface area contributed by atoms with Crippen molar-refractivity contribution in [3.63, 3.8) is 0 Å². The number of aromatic nitrogens is 1. The summed E-state index contributed by atoms with van der Waals surface area (Å²) in [7, 11) is 0. The van der Waals surface area contributed by atoms with Gasteiger partial charge in [-0.3, -0.25) is 14.4 Å². The SMILES string of the molecule is Cc1cc(C2CC2)c(F)c(C)c1-c1cc(C(F)(F)F)c(F)c([C@H](CC(=O)O)NC(=O)C(CC(C)C)n2cc(CCN)c(C(F)(F)F)cc2=O)c1F. The van der Waals surface area contributed by atoms with Gasteiger partial charge in [0.1, 0.15) is 23.5 Å². The highest BCUT2D eigenvalue weighted by molar-refractivity contribution is 5.82. The number of pyridine rings is 1. The highest BCUT2D eigenvalue weighted by Gasteiger charge is 2.41. The number of carbonyl (C=O) groups is 2. The molecule has 2 aromatic carbocycles. The molecule has 278 valence electrons. The Kier molecular flexibility index (Phi) is 11.4. The van der Waals surface area contributed by atoms with Gasteiger partial charge in [0.25, 0.3) is 5.56 Å². The molecule has 1 amide bonds. The van der Waals surface area contributed by atoms with Gasteiger partial charge in [0, 0.05) is 23.4 Å². The summed E-state index contributed by atoms with van der Waals surface area (Å²) in [5.41, 5.74) is -2.14. The van der Waals surface area contributed by atoms with E-state index in [4.69, 9.17) is 5.73 Å². The smallest absolute Gasteiger partial charge is 0.419 e. The van der Waals surface area contributed by atoms with E-state index < -0.39 is 99.5 Å². The molecule has 1 aliphatic rings. The van der Waals surface area contributed by atoms with Crippen molar-refractivity contribution in [3.05, 3.63) is 91.1 Å². The van der Waals surface area contributed by atoms with E-state index in [1.807, 2.05) is 0 Å². The molecule has 1 unspecified atom stereocenters. The van der Waals surface area contributed by atoms with Crippen LogP contribution >= 0.6 is 0 Å². The van der Waals surface area contributed by atoms with Gasteiger partial charge >= 0.3 is 18.3 Å². The van der Waals surface area contributed by atoms with Crippen molar-refractivity contribution in [1.82, 2.24) is 9.88 Å². The second-order valence-corrected chi connectivity index (χ2v) is 13.2. The summed E-state index contributed by atoms with van der Waals surface area (Å²) in [6.45, 7) is 5.47. The Morgan fingerprint density at radius 3 is 2.08 bits per heavy atom. The maximum Gasteiger partial charge on any atom is 0.419 e. The van der Waals surface area contributed by atoms with E-state index in [-0.39, 0.29) is 59.7 Å². The zero-order valence-corrected chi connectivity index (χ0v) is 28.0. The second-order valence-electron chi connectivity index (χ2n) is 13.2. The van der Waals surface area contributed by atoms with E-state index in [1.54, 1.807) is 13.8 Å². The minimum Gasteiger partial charge on any atom is -0.481 e. The molecule has 2 atom stereocenters. The normalized spacial score (nSPS) is 14.9. The van der Waals surface area contributed by atoms with E-state index in [0.29, 0.717) is 17.4 Å². The molecule has 1 saturated carbocycles. The van der Waals surface area contributed by atoms with Gasteiger partial charge < -0.3 is 20.7 Å². The third-order valence-electron chi connectivity index (χ3n) is 8.81. The first-order valence-electron chi connectivity index (χ1n) is 16.0. The first kappa shape index (κ1) is 39.4. The maximum absolute atomic E-state index is 16.5. The van der Waals surface area contributed by atoms with Crippen molar-refractivity contribution in [2.45, 2.75) is 90.2 Å². The summed E-state index contributed by atoms with van der Waals surface area (Å²) in [5.74, 6) is -8.44. The summed E-state index contributed by atoms with van der Waals surface area (Å²) in [4.78, 5) is 38.8. The molecule has 16 heteroatoms. The molecule has 0 spiro atoms. The number of carbonyl (C=O) groups excluding carboxylic acids is 1. The highest BCUT2D eigenvalue weighted by atomic mass is 19.4. The number of halogens is 9. The average Bonchev–Trinajstić information content (AvgIpc) is 3.84. The van der Waals surface area contributed by atoms with Crippen LogP contribution in [-0.2, 0) is 28.4 Å². The highest BCUT2D eigenvalue weighted by Crippen LogP contribution is 2.46. The van der Waals surface area contributed by atoms with Crippen LogP contribution < -0.4 is 16.6 Å². The third kappa shape index (κ3) is 8.42. The van der Waals surface area contributed by atoms with Crippen LogP contribution in [0.3, 0.4) is 0 Å². The van der Waals surface area contributed by atoms with Crippen LogP contribution in [0.5, 0.6) is 0 Å². The second kappa shape index (κ2) is 14.7. The summed E-state index contributed by atoms with van der Waals surface area (Å²) in [6, 6.07) is -2.29. The topological polar surface area (TPSA) is 114 Å².